The van der Waals surface area contributed by atoms with Gasteiger partial charge in [0.25, 0.3) is 0 Å². The fourth-order valence-corrected chi connectivity index (χ4v) is 4.44. The first-order valence-corrected chi connectivity index (χ1v) is 8.42. The number of carbonyl (C=O) groups excluding carboxylic acids is 1. The standard InChI is InChI=1S/C14H26N2OS/c1-4-6-13-15-10(3)14(17)16(13)11-7-8-12(9-11)18-5-2/h10-13,15H,4-9H2,1-3H3. The normalized spacial score (nSPS) is 36.6. The fourth-order valence-electron chi connectivity index (χ4n) is 3.30. The number of rotatable bonds is 5. The summed E-state index contributed by atoms with van der Waals surface area (Å²) in [6, 6.07) is 0.495. The molecule has 1 aliphatic carbocycles. The summed E-state index contributed by atoms with van der Waals surface area (Å²) in [6.45, 7) is 6.42. The van der Waals surface area contributed by atoms with Crippen LogP contribution in [-0.4, -0.2) is 40.1 Å². The van der Waals surface area contributed by atoms with Gasteiger partial charge >= 0.3 is 0 Å². The number of thioether (sulfide) groups is 1. The number of amides is 1. The molecule has 1 saturated carbocycles. The second-order valence-corrected chi connectivity index (χ2v) is 7.06. The van der Waals surface area contributed by atoms with E-state index in [4.69, 9.17) is 0 Å². The maximum absolute atomic E-state index is 12.3. The van der Waals surface area contributed by atoms with Crippen LogP contribution >= 0.6 is 11.8 Å². The molecule has 4 atom stereocenters. The van der Waals surface area contributed by atoms with Crippen molar-refractivity contribution >= 4 is 17.7 Å². The van der Waals surface area contributed by atoms with Crippen LogP contribution in [0.5, 0.6) is 0 Å². The van der Waals surface area contributed by atoms with Gasteiger partial charge in [-0.3, -0.25) is 10.1 Å². The molecule has 0 aromatic rings. The highest BCUT2D eigenvalue weighted by Crippen LogP contribution is 2.35. The molecule has 3 nitrogen and oxygen atoms in total. The van der Waals surface area contributed by atoms with Crippen LogP contribution in [-0.2, 0) is 4.79 Å². The van der Waals surface area contributed by atoms with Crippen molar-refractivity contribution in [1.82, 2.24) is 10.2 Å². The lowest BCUT2D eigenvalue weighted by atomic mass is 10.1. The van der Waals surface area contributed by atoms with E-state index in [-0.39, 0.29) is 12.2 Å². The van der Waals surface area contributed by atoms with E-state index in [2.05, 4.69) is 35.8 Å². The summed E-state index contributed by atoms with van der Waals surface area (Å²) in [5.41, 5.74) is 0. The van der Waals surface area contributed by atoms with Crippen molar-refractivity contribution < 1.29 is 4.79 Å². The molecule has 1 N–H and O–H groups in total. The van der Waals surface area contributed by atoms with Gasteiger partial charge in [0.1, 0.15) is 0 Å². The Labute approximate surface area is 115 Å². The number of nitrogens with one attached hydrogen (secondary N) is 1. The fraction of sp³-hybridized carbons (Fsp3) is 0.929. The van der Waals surface area contributed by atoms with Gasteiger partial charge in [-0.2, -0.15) is 11.8 Å². The topological polar surface area (TPSA) is 32.3 Å². The van der Waals surface area contributed by atoms with Crippen molar-refractivity contribution in [2.45, 2.75) is 76.4 Å². The third kappa shape index (κ3) is 2.85. The molecule has 1 amide bonds. The molecule has 2 rings (SSSR count). The summed E-state index contributed by atoms with van der Waals surface area (Å²) in [4.78, 5) is 14.5. The van der Waals surface area contributed by atoms with Crippen LogP contribution in [0.4, 0.5) is 0 Å². The summed E-state index contributed by atoms with van der Waals surface area (Å²) in [5, 5.41) is 4.22. The Bertz CT molecular complexity index is 298. The molecule has 1 saturated heterocycles. The first kappa shape index (κ1) is 14.2. The molecule has 2 fully saturated rings. The SMILES string of the molecule is CCCC1NC(C)C(=O)N1C1CCC(SCC)C1. The summed E-state index contributed by atoms with van der Waals surface area (Å²) < 4.78 is 0. The van der Waals surface area contributed by atoms with E-state index in [0.717, 1.165) is 18.1 Å². The lowest BCUT2D eigenvalue weighted by Gasteiger charge is -2.30. The van der Waals surface area contributed by atoms with Crippen molar-refractivity contribution in [2.24, 2.45) is 0 Å². The zero-order valence-electron chi connectivity index (χ0n) is 11.8. The Morgan fingerprint density at radius 1 is 1.39 bits per heavy atom. The largest absolute Gasteiger partial charge is 0.323 e. The van der Waals surface area contributed by atoms with Crippen molar-refractivity contribution in [1.29, 1.82) is 0 Å². The van der Waals surface area contributed by atoms with Gasteiger partial charge in [-0.25, -0.2) is 0 Å². The van der Waals surface area contributed by atoms with Crippen molar-refractivity contribution in [3.05, 3.63) is 0 Å². The quantitative estimate of drug-likeness (QED) is 0.833. The minimum absolute atomic E-state index is 0.0134. The molecule has 0 aromatic heterocycles. The van der Waals surface area contributed by atoms with E-state index in [1.807, 2.05) is 6.92 Å². The Morgan fingerprint density at radius 3 is 2.83 bits per heavy atom. The van der Waals surface area contributed by atoms with Crippen molar-refractivity contribution in [2.75, 3.05) is 5.75 Å². The first-order valence-electron chi connectivity index (χ1n) is 7.37. The van der Waals surface area contributed by atoms with Gasteiger partial charge in [0.15, 0.2) is 0 Å². The molecule has 1 aliphatic heterocycles. The molecular weight excluding hydrogens is 244 g/mol. The number of nitrogens with zero attached hydrogens (tertiary/aromatic N) is 1. The molecule has 0 radical (unpaired) electrons. The molecule has 0 aromatic carbocycles. The van der Waals surface area contributed by atoms with Crippen molar-refractivity contribution in [3.63, 3.8) is 0 Å². The predicted molar refractivity (Wildman–Crippen MR) is 77.7 cm³/mol. The molecule has 0 bridgehead atoms. The van der Waals surface area contributed by atoms with E-state index in [0.29, 0.717) is 11.9 Å². The van der Waals surface area contributed by atoms with Gasteiger partial charge in [-0.05, 0) is 38.4 Å². The summed E-state index contributed by atoms with van der Waals surface area (Å²) in [5.74, 6) is 1.51. The molecule has 4 unspecified atom stereocenters. The Kier molecular flexibility index (Phi) is 4.96. The highest BCUT2D eigenvalue weighted by molar-refractivity contribution is 7.99. The smallest absolute Gasteiger partial charge is 0.240 e. The van der Waals surface area contributed by atoms with E-state index in [1.165, 1.54) is 25.0 Å². The minimum Gasteiger partial charge on any atom is -0.323 e. The number of hydrogen-bond donors (Lipinski definition) is 1. The molecule has 0 spiro atoms. The summed E-state index contributed by atoms with van der Waals surface area (Å²) in [7, 11) is 0. The molecule has 18 heavy (non-hydrogen) atoms. The second-order valence-electron chi connectivity index (χ2n) is 5.48. The molecule has 104 valence electrons. The van der Waals surface area contributed by atoms with Crippen LogP contribution < -0.4 is 5.32 Å². The van der Waals surface area contributed by atoms with E-state index in [9.17, 15) is 4.79 Å². The van der Waals surface area contributed by atoms with E-state index in [1.54, 1.807) is 0 Å². The lowest BCUT2D eigenvalue weighted by molar-refractivity contribution is -0.132. The van der Waals surface area contributed by atoms with Gasteiger partial charge in [-0.1, -0.05) is 20.3 Å². The average molecular weight is 270 g/mol. The third-order valence-corrected chi connectivity index (χ3v) is 5.35. The molecule has 4 heteroatoms. The highest BCUT2D eigenvalue weighted by Gasteiger charge is 2.42. The van der Waals surface area contributed by atoms with Crippen LogP contribution in [0.15, 0.2) is 0 Å². The highest BCUT2D eigenvalue weighted by atomic mass is 32.2. The molecule has 2 aliphatic rings. The third-order valence-electron chi connectivity index (χ3n) is 4.12. The monoisotopic (exact) mass is 270 g/mol. The van der Waals surface area contributed by atoms with Gasteiger partial charge in [-0.15, -0.1) is 0 Å². The lowest BCUT2D eigenvalue weighted by Crippen LogP contribution is -2.43. The average Bonchev–Trinajstić information content (AvgIpc) is 2.87. The van der Waals surface area contributed by atoms with Gasteiger partial charge in [0, 0.05) is 11.3 Å². The Hall–Kier alpha value is -0.220. The number of carbonyl (C=O) groups is 1. The van der Waals surface area contributed by atoms with Crippen LogP contribution in [0.1, 0.15) is 52.9 Å². The minimum atomic E-state index is 0.0134. The number of hydrogen-bond acceptors (Lipinski definition) is 3. The summed E-state index contributed by atoms with van der Waals surface area (Å²) >= 11 is 2.06. The van der Waals surface area contributed by atoms with Crippen molar-refractivity contribution in [3.8, 4) is 0 Å². The van der Waals surface area contributed by atoms with E-state index < -0.39 is 0 Å². The Morgan fingerprint density at radius 2 is 2.17 bits per heavy atom. The van der Waals surface area contributed by atoms with E-state index >= 15 is 0 Å². The maximum Gasteiger partial charge on any atom is 0.240 e. The Balaban J connectivity index is 1.99. The molecular formula is C14H26N2OS. The van der Waals surface area contributed by atoms with Crippen LogP contribution in [0, 0.1) is 0 Å². The first-order chi connectivity index (χ1) is 8.67. The van der Waals surface area contributed by atoms with Gasteiger partial charge in [0.05, 0.1) is 12.2 Å². The van der Waals surface area contributed by atoms with Crippen LogP contribution in [0.25, 0.3) is 0 Å². The molecule has 1 heterocycles. The second kappa shape index (κ2) is 6.29. The van der Waals surface area contributed by atoms with Crippen LogP contribution in [0.2, 0.25) is 0 Å². The van der Waals surface area contributed by atoms with Gasteiger partial charge in [0.2, 0.25) is 5.91 Å². The van der Waals surface area contributed by atoms with Crippen LogP contribution in [0.3, 0.4) is 0 Å². The summed E-state index contributed by atoms with van der Waals surface area (Å²) in [6.07, 6.45) is 6.16. The van der Waals surface area contributed by atoms with Gasteiger partial charge < -0.3 is 4.90 Å². The maximum atomic E-state index is 12.3. The zero-order valence-corrected chi connectivity index (χ0v) is 12.6. The zero-order chi connectivity index (χ0) is 13.1. The predicted octanol–water partition coefficient (Wildman–Crippen LogP) is 2.61.